The first-order chi connectivity index (χ1) is 9.74. The standard InChI is InChI=1S/C15H17N3O2/c16-13-3-1-2-11-4-5-12(17-15(11)13)10-14(19)18-6-8-20-9-7-18/h1-5H,6-10,16H2. The van der Waals surface area contributed by atoms with E-state index in [4.69, 9.17) is 10.5 Å². The Morgan fingerprint density at radius 2 is 2.05 bits per heavy atom. The SMILES string of the molecule is Nc1cccc2ccc(CC(=O)N3CCOCC3)nc12. The van der Waals surface area contributed by atoms with Gasteiger partial charge in [0.05, 0.1) is 36.5 Å². The molecule has 1 aliphatic rings. The lowest BCUT2D eigenvalue weighted by Crippen LogP contribution is -2.41. The Kier molecular flexibility index (Phi) is 3.52. The fourth-order valence-electron chi connectivity index (χ4n) is 2.39. The van der Waals surface area contributed by atoms with E-state index in [0.717, 1.165) is 16.6 Å². The van der Waals surface area contributed by atoms with Crippen LogP contribution >= 0.6 is 0 Å². The summed E-state index contributed by atoms with van der Waals surface area (Å²) in [4.78, 5) is 18.5. The molecule has 0 bridgehead atoms. The zero-order valence-electron chi connectivity index (χ0n) is 11.2. The number of aromatic nitrogens is 1. The lowest BCUT2D eigenvalue weighted by molar-refractivity contribution is -0.134. The van der Waals surface area contributed by atoms with Crippen molar-refractivity contribution in [3.8, 4) is 0 Å². The van der Waals surface area contributed by atoms with Crippen LogP contribution in [0.25, 0.3) is 10.9 Å². The lowest BCUT2D eigenvalue weighted by Gasteiger charge is -2.26. The number of hydrogen-bond donors (Lipinski definition) is 1. The molecule has 1 aliphatic heterocycles. The van der Waals surface area contributed by atoms with Gasteiger partial charge in [-0.1, -0.05) is 18.2 Å². The number of nitrogens with two attached hydrogens (primary N) is 1. The Labute approximate surface area is 117 Å². The third kappa shape index (κ3) is 2.58. The fourth-order valence-corrected chi connectivity index (χ4v) is 2.39. The van der Waals surface area contributed by atoms with Crippen molar-refractivity contribution in [3.05, 3.63) is 36.0 Å². The molecule has 20 heavy (non-hydrogen) atoms. The van der Waals surface area contributed by atoms with Crippen molar-refractivity contribution in [1.29, 1.82) is 0 Å². The van der Waals surface area contributed by atoms with E-state index in [0.29, 0.717) is 38.4 Å². The van der Waals surface area contributed by atoms with Crippen molar-refractivity contribution in [2.24, 2.45) is 0 Å². The summed E-state index contributed by atoms with van der Waals surface area (Å²) in [6.07, 6.45) is 0.310. The van der Waals surface area contributed by atoms with Crippen LogP contribution in [0.1, 0.15) is 5.69 Å². The second-order valence-electron chi connectivity index (χ2n) is 4.89. The normalized spacial score (nSPS) is 15.5. The second kappa shape index (κ2) is 5.46. The summed E-state index contributed by atoms with van der Waals surface area (Å²) in [6.45, 7) is 2.55. The number of fused-ring (bicyclic) bond motifs is 1. The highest BCUT2D eigenvalue weighted by atomic mass is 16.5. The average molecular weight is 271 g/mol. The van der Waals surface area contributed by atoms with Crippen LogP contribution in [-0.4, -0.2) is 42.1 Å². The molecule has 0 spiro atoms. The van der Waals surface area contributed by atoms with E-state index in [2.05, 4.69) is 4.98 Å². The van der Waals surface area contributed by atoms with Gasteiger partial charge in [0, 0.05) is 18.5 Å². The zero-order chi connectivity index (χ0) is 13.9. The summed E-state index contributed by atoms with van der Waals surface area (Å²) >= 11 is 0. The van der Waals surface area contributed by atoms with Gasteiger partial charge in [-0.05, 0) is 12.1 Å². The molecule has 1 fully saturated rings. The van der Waals surface area contributed by atoms with Gasteiger partial charge in [0.2, 0.25) is 5.91 Å². The van der Waals surface area contributed by atoms with Crippen LogP contribution in [-0.2, 0) is 16.0 Å². The smallest absolute Gasteiger partial charge is 0.228 e. The Morgan fingerprint density at radius 1 is 1.25 bits per heavy atom. The van der Waals surface area contributed by atoms with Crippen LogP contribution in [0, 0.1) is 0 Å². The highest BCUT2D eigenvalue weighted by Gasteiger charge is 2.17. The van der Waals surface area contributed by atoms with E-state index in [1.807, 2.05) is 35.2 Å². The number of carbonyl (C=O) groups is 1. The third-order valence-corrected chi connectivity index (χ3v) is 3.51. The van der Waals surface area contributed by atoms with Gasteiger partial charge in [-0.15, -0.1) is 0 Å². The molecule has 5 nitrogen and oxygen atoms in total. The molecule has 0 atom stereocenters. The van der Waals surface area contributed by atoms with Crippen LogP contribution in [0.15, 0.2) is 30.3 Å². The predicted molar refractivity (Wildman–Crippen MR) is 77.3 cm³/mol. The summed E-state index contributed by atoms with van der Waals surface area (Å²) in [5.41, 5.74) is 8.09. The molecular weight excluding hydrogens is 254 g/mol. The Bertz CT molecular complexity index is 636. The van der Waals surface area contributed by atoms with E-state index in [1.165, 1.54) is 0 Å². The Balaban J connectivity index is 1.80. The Morgan fingerprint density at radius 3 is 2.85 bits per heavy atom. The van der Waals surface area contributed by atoms with Crippen molar-refractivity contribution >= 4 is 22.5 Å². The number of carbonyl (C=O) groups excluding carboxylic acids is 1. The maximum atomic E-state index is 12.2. The first-order valence-electron chi connectivity index (χ1n) is 6.74. The number of hydrogen-bond acceptors (Lipinski definition) is 4. The van der Waals surface area contributed by atoms with Crippen molar-refractivity contribution in [2.45, 2.75) is 6.42 Å². The van der Waals surface area contributed by atoms with Gasteiger partial charge in [-0.3, -0.25) is 9.78 Å². The average Bonchev–Trinajstić information content (AvgIpc) is 2.49. The third-order valence-electron chi connectivity index (χ3n) is 3.51. The molecule has 2 heterocycles. The highest BCUT2D eigenvalue weighted by molar-refractivity contribution is 5.89. The predicted octanol–water partition coefficient (Wildman–Crippen LogP) is 1.22. The van der Waals surface area contributed by atoms with Crippen molar-refractivity contribution in [2.75, 3.05) is 32.0 Å². The number of morpholine rings is 1. The molecule has 0 radical (unpaired) electrons. The van der Waals surface area contributed by atoms with Gasteiger partial charge < -0.3 is 15.4 Å². The molecule has 104 valence electrons. The number of ether oxygens (including phenoxy) is 1. The van der Waals surface area contributed by atoms with Gasteiger partial charge in [-0.25, -0.2) is 0 Å². The molecule has 3 rings (SSSR count). The number of rotatable bonds is 2. The molecule has 1 saturated heterocycles. The maximum Gasteiger partial charge on any atom is 0.228 e. The van der Waals surface area contributed by atoms with Crippen LogP contribution in [0.2, 0.25) is 0 Å². The van der Waals surface area contributed by atoms with Gasteiger partial charge >= 0.3 is 0 Å². The molecule has 2 aromatic rings. The molecule has 1 aromatic carbocycles. The van der Waals surface area contributed by atoms with E-state index in [-0.39, 0.29) is 5.91 Å². The van der Waals surface area contributed by atoms with Gasteiger partial charge in [-0.2, -0.15) is 0 Å². The topological polar surface area (TPSA) is 68.5 Å². The monoisotopic (exact) mass is 271 g/mol. The minimum absolute atomic E-state index is 0.0923. The minimum Gasteiger partial charge on any atom is -0.397 e. The van der Waals surface area contributed by atoms with E-state index in [1.54, 1.807) is 0 Å². The highest BCUT2D eigenvalue weighted by Crippen LogP contribution is 2.19. The maximum absolute atomic E-state index is 12.2. The number of benzene rings is 1. The minimum atomic E-state index is 0.0923. The van der Waals surface area contributed by atoms with E-state index >= 15 is 0 Å². The quantitative estimate of drug-likeness (QED) is 0.834. The summed E-state index contributed by atoms with van der Waals surface area (Å²) in [7, 11) is 0. The Hall–Kier alpha value is -2.14. The molecule has 0 aliphatic carbocycles. The van der Waals surface area contributed by atoms with Crippen molar-refractivity contribution in [1.82, 2.24) is 9.88 Å². The largest absolute Gasteiger partial charge is 0.397 e. The fraction of sp³-hybridized carbons (Fsp3) is 0.333. The summed E-state index contributed by atoms with van der Waals surface area (Å²) in [6, 6.07) is 9.54. The summed E-state index contributed by atoms with van der Waals surface area (Å²) in [5, 5.41) is 0.993. The molecule has 1 aromatic heterocycles. The first kappa shape index (κ1) is 12.9. The number of amides is 1. The van der Waals surface area contributed by atoms with Gasteiger partial charge in [0.25, 0.3) is 0 Å². The van der Waals surface area contributed by atoms with E-state index in [9.17, 15) is 4.79 Å². The van der Waals surface area contributed by atoms with Gasteiger partial charge in [0.1, 0.15) is 0 Å². The number of para-hydroxylation sites is 1. The summed E-state index contributed by atoms with van der Waals surface area (Å²) in [5.74, 6) is 0.0923. The molecular formula is C15H17N3O2. The van der Waals surface area contributed by atoms with Crippen LogP contribution in [0.3, 0.4) is 0 Å². The van der Waals surface area contributed by atoms with Crippen LogP contribution in [0.4, 0.5) is 5.69 Å². The van der Waals surface area contributed by atoms with Crippen LogP contribution in [0.5, 0.6) is 0 Å². The van der Waals surface area contributed by atoms with Crippen molar-refractivity contribution < 1.29 is 9.53 Å². The van der Waals surface area contributed by atoms with Crippen LogP contribution < -0.4 is 5.73 Å². The molecule has 1 amide bonds. The van der Waals surface area contributed by atoms with Crippen molar-refractivity contribution in [3.63, 3.8) is 0 Å². The van der Waals surface area contributed by atoms with Gasteiger partial charge in [0.15, 0.2) is 0 Å². The molecule has 2 N–H and O–H groups in total. The molecule has 0 saturated carbocycles. The zero-order valence-corrected chi connectivity index (χ0v) is 11.2. The second-order valence-corrected chi connectivity index (χ2v) is 4.89. The lowest BCUT2D eigenvalue weighted by atomic mass is 10.1. The molecule has 0 unspecified atom stereocenters. The summed E-state index contributed by atoms with van der Waals surface area (Å²) < 4.78 is 5.25. The number of nitrogens with zero attached hydrogens (tertiary/aromatic N) is 2. The number of anilines is 1. The number of pyridine rings is 1. The van der Waals surface area contributed by atoms with E-state index < -0.39 is 0 Å². The molecule has 5 heteroatoms. The number of nitrogen functional groups attached to an aromatic ring is 1. The first-order valence-corrected chi connectivity index (χ1v) is 6.74.